The van der Waals surface area contributed by atoms with Crippen molar-refractivity contribution in [3.63, 3.8) is 0 Å². The van der Waals surface area contributed by atoms with E-state index in [9.17, 15) is 4.39 Å². The number of aromatic nitrogens is 4. The van der Waals surface area contributed by atoms with E-state index in [0.29, 0.717) is 21.7 Å². The average molecular weight is 462 g/mol. The summed E-state index contributed by atoms with van der Waals surface area (Å²) in [7, 11) is 1.95. The lowest BCUT2D eigenvalue weighted by atomic mass is 9.95. The minimum atomic E-state index is -0.313. The van der Waals surface area contributed by atoms with Crippen molar-refractivity contribution >= 4 is 32.9 Å². The molecule has 5 rings (SSSR count). The molecule has 0 amide bonds. The van der Waals surface area contributed by atoms with Gasteiger partial charge in [0.2, 0.25) is 0 Å². The third-order valence-corrected chi connectivity index (χ3v) is 7.11. The van der Waals surface area contributed by atoms with Crippen LogP contribution in [0.3, 0.4) is 0 Å². The van der Waals surface area contributed by atoms with E-state index in [1.807, 2.05) is 18.1 Å². The number of hydrogen-bond acceptors (Lipinski definition) is 6. The van der Waals surface area contributed by atoms with Gasteiger partial charge in [0.05, 0.1) is 29.9 Å². The fourth-order valence-electron chi connectivity index (χ4n) is 4.33. The predicted molar refractivity (Wildman–Crippen MR) is 129 cm³/mol. The van der Waals surface area contributed by atoms with E-state index in [1.165, 1.54) is 23.5 Å². The molecular weight excluding hydrogens is 437 g/mol. The van der Waals surface area contributed by atoms with E-state index in [0.717, 1.165) is 60.8 Å². The highest BCUT2D eigenvalue weighted by molar-refractivity contribution is 7.20. The number of rotatable bonds is 5. The smallest absolute Gasteiger partial charge is 0.270 e. The Morgan fingerprint density at radius 3 is 2.70 bits per heavy atom. The number of nitrogens with one attached hydrogen (secondary N) is 1. The second kappa shape index (κ2) is 8.89. The monoisotopic (exact) mass is 461 g/mol. The Kier molecular flexibility index (Phi) is 5.79. The van der Waals surface area contributed by atoms with Crippen LogP contribution >= 0.6 is 11.3 Å². The zero-order chi connectivity index (χ0) is 22.9. The van der Waals surface area contributed by atoms with Crippen molar-refractivity contribution in [2.75, 3.05) is 25.0 Å². The molecule has 0 unspecified atom stereocenters. The molecule has 1 aliphatic rings. The van der Waals surface area contributed by atoms with Crippen molar-refractivity contribution in [1.82, 2.24) is 24.7 Å². The Morgan fingerprint density at radius 1 is 1.24 bits per heavy atom. The molecule has 3 aromatic heterocycles. The number of benzene rings is 1. The lowest BCUT2D eigenvalue weighted by Gasteiger charge is -2.22. The Labute approximate surface area is 195 Å². The van der Waals surface area contributed by atoms with E-state index >= 15 is 0 Å². The molecule has 0 saturated carbocycles. The van der Waals surface area contributed by atoms with Gasteiger partial charge in [-0.15, -0.1) is 11.3 Å². The van der Waals surface area contributed by atoms with Gasteiger partial charge >= 0.3 is 0 Å². The van der Waals surface area contributed by atoms with E-state index in [2.05, 4.69) is 27.7 Å². The third-order valence-electron chi connectivity index (χ3n) is 6.09. The summed E-state index contributed by atoms with van der Waals surface area (Å²) in [4.78, 5) is 20.0. The van der Waals surface area contributed by atoms with Crippen LogP contribution in [0.4, 0.5) is 20.3 Å². The van der Waals surface area contributed by atoms with Gasteiger partial charge in [-0.3, -0.25) is 9.38 Å². The minimum absolute atomic E-state index is 0.313. The van der Waals surface area contributed by atoms with Crippen LogP contribution in [0.1, 0.15) is 37.1 Å². The van der Waals surface area contributed by atoms with Crippen LogP contribution in [0, 0.1) is 12.4 Å². The van der Waals surface area contributed by atoms with Crippen molar-refractivity contribution in [2.45, 2.75) is 32.1 Å². The molecule has 0 aliphatic carbocycles. The first-order valence-corrected chi connectivity index (χ1v) is 11.9. The van der Waals surface area contributed by atoms with Gasteiger partial charge in [0.25, 0.3) is 5.00 Å². The Bertz CT molecular complexity index is 1330. The second-order valence-corrected chi connectivity index (χ2v) is 9.08. The summed E-state index contributed by atoms with van der Waals surface area (Å²) in [5.41, 5.74) is 4.12. The van der Waals surface area contributed by atoms with Crippen LogP contribution < -0.4 is 10.2 Å². The van der Waals surface area contributed by atoms with Crippen LogP contribution in [0.15, 0.2) is 36.7 Å². The van der Waals surface area contributed by atoms with E-state index in [-0.39, 0.29) is 5.82 Å². The van der Waals surface area contributed by atoms with Crippen molar-refractivity contribution in [2.24, 2.45) is 0 Å². The van der Waals surface area contributed by atoms with Crippen LogP contribution in [-0.4, -0.2) is 39.5 Å². The van der Waals surface area contributed by atoms with Crippen LogP contribution in [0.25, 0.3) is 21.7 Å². The molecule has 7 nitrogen and oxygen atoms in total. The number of halogens is 1. The normalized spacial score (nSPS) is 14.5. The first-order valence-electron chi connectivity index (χ1n) is 11.0. The van der Waals surface area contributed by atoms with Crippen LogP contribution in [-0.2, 0) is 6.42 Å². The number of aryl methyl sites for hydroxylation is 1. The SMILES string of the molecule is [C-]#[N+]c1sc(N(C)c2c(CC)nc3cnc(C4CCNCC4)cn23)nc1-c1ccc(F)cc1. The quantitative estimate of drug-likeness (QED) is 0.407. The highest BCUT2D eigenvalue weighted by Gasteiger charge is 2.23. The zero-order valence-corrected chi connectivity index (χ0v) is 19.4. The van der Waals surface area contributed by atoms with Crippen molar-refractivity contribution < 1.29 is 4.39 Å². The summed E-state index contributed by atoms with van der Waals surface area (Å²) in [6, 6.07) is 6.10. The fourth-order valence-corrected chi connectivity index (χ4v) is 5.17. The van der Waals surface area contributed by atoms with E-state index < -0.39 is 0 Å². The molecular formula is C24H24FN7S. The molecule has 1 aliphatic heterocycles. The summed E-state index contributed by atoms with van der Waals surface area (Å²) >= 11 is 1.33. The first kappa shape index (κ1) is 21.5. The molecule has 0 bridgehead atoms. The number of thiazole rings is 1. The lowest BCUT2D eigenvalue weighted by Crippen LogP contribution is -2.27. The largest absolute Gasteiger partial charge is 0.317 e. The highest BCUT2D eigenvalue weighted by Crippen LogP contribution is 2.42. The van der Waals surface area contributed by atoms with Crippen molar-refractivity contribution in [3.05, 3.63) is 65.3 Å². The maximum absolute atomic E-state index is 13.4. The molecule has 4 aromatic rings. The van der Waals surface area contributed by atoms with E-state index in [4.69, 9.17) is 21.5 Å². The van der Waals surface area contributed by atoms with Crippen molar-refractivity contribution in [1.29, 1.82) is 0 Å². The average Bonchev–Trinajstić information content (AvgIpc) is 3.46. The van der Waals surface area contributed by atoms with Gasteiger partial charge in [0, 0.05) is 19.2 Å². The molecule has 4 heterocycles. The third kappa shape index (κ3) is 3.96. The second-order valence-electron chi connectivity index (χ2n) is 8.13. The number of hydrogen-bond donors (Lipinski definition) is 1. The van der Waals surface area contributed by atoms with Gasteiger partial charge in [0.1, 0.15) is 11.6 Å². The summed E-state index contributed by atoms with van der Waals surface area (Å²) in [6.45, 7) is 11.7. The van der Waals surface area contributed by atoms with Crippen LogP contribution in [0.2, 0.25) is 0 Å². The Morgan fingerprint density at radius 2 is 2.00 bits per heavy atom. The number of fused-ring (bicyclic) bond motifs is 1. The maximum Gasteiger partial charge on any atom is 0.270 e. The molecule has 1 fully saturated rings. The molecule has 168 valence electrons. The van der Waals surface area contributed by atoms with Gasteiger partial charge in [-0.2, -0.15) is 0 Å². The molecule has 0 atom stereocenters. The fraction of sp³-hybridized carbons (Fsp3) is 0.333. The summed E-state index contributed by atoms with van der Waals surface area (Å²) < 4.78 is 15.5. The Hall–Kier alpha value is -3.35. The van der Waals surface area contributed by atoms with Crippen LogP contribution in [0.5, 0.6) is 0 Å². The first-order chi connectivity index (χ1) is 16.1. The topological polar surface area (TPSA) is 62.7 Å². The molecule has 0 spiro atoms. The number of nitrogens with zero attached hydrogens (tertiary/aromatic N) is 6. The van der Waals surface area contributed by atoms with Gasteiger partial charge in [-0.25, -0.2) is 19.2 Å². The predicted octanol–water partition coefficient (Wildman–Crippen LogP) is 5.34. The number of piperidine rings is 1. The molecule has 0 radical (unpaired) electrons. The molecule has 1 N–H and O–H groups in total. The zero-order valence-electron chi connectivity index (χ0n) is 18.5. The molecule has 33 heavy (non-hydrogen) atoms. The van der Waals surface area contributed by atoms with Gasteiger partial charge < -0.3 is 10.2 Å². The minimum Gasteiger partial charge on any atom is -0.317 e. The summed E-state index contributed by atoms with van der Waals surface area (Å²) in [6.07, 6.45) is 6.86. The van der Waals surface area contributed by atoms with E-state index in [1.54, 1.807) is 12.1 Å². The van der Waals surface area contributed by atoms with Crippen molar-refractivity contribution in [3.8, 4) is 11.3 Å². The number of imidazole rings is 1. The Balaban J connectivity index is 1.58. The van der Waals surface area contributed by atoms with Gasteiger partial charge in [0.15, 0.2) is 10.8 Å². The number of anilines is 2. The lowest BCUT2D eigenvalue weighted by molar-refractivity contribution is 0.452. The highest BCUT2D eigenvalue weighted by atomic mass is 32.1. The standard InChI is InChI=1S/C24H24FN7S/c1-4-18-23(32-14-19(28-13-20(32)29-18)15-9-11-27-12-10-15)31(3)24-30-21(22(26-2)33-24)16-5-7-17(25)8-6-16/h5-8,13-15,27H,4,9-12H2,1,3H3. The van der Waals surface area contributed by atoms with Gasteiger partial charge in [-0.05, 0) is 50.0 Å². The molecule has 9 heteroatoms. The molecule has 1 saturated heterocycles. The molecule has 1 aromatic carbocycles. The summed E-state index contributed by atoms with van der Waals surface area (Å²) in [5, 5.41) is 4.58. The maximum atomic E-state index is 13.4. The summed E-state index contributed by atoms with van der Waals surface area (Å²) in [5.74, 6) is 1.05. The van der Waals surface area contributed by atoms with Gasteiger partial charge in [-0.1, -0.05) is 19.1 Å².